The van der Waals surface area contributed by atoms with Crippen LogP contribution in [0.2, 0.25) is 0 Å². The number of benzene rings is 1. The molecule has 0 saturated heterocycles. The summed E-state index contributed by atoms with van der Waals surface area (Å²) in [5.41, 5.74) is 1.96. The topological polar surface area (TPSA) is 46.8 Å². The van der Waals surface area contributed by atoms with Gasteiger partial charge in [0, 0.05) is 50.4 Å². The van der Waals surface area contributed by atoms with E-state index in [0.29, 0.717) is 5.56 Å². The van der Waals surface area contributed by atoms with Gasteiger partial charge in [-0.05, 0) is 41.8 Å². The van der Waals surface area contributed by atoms with Crippen LogP contribution in [0.15, 0.2) is 60.0 Å². The average Bonchev–Trinajstić information content (AvgIpc) is 3.15. The molecule has 0 atom stereocenters. The summed E-state index contributed by atoms with van der Waals surface area (Å²) >= 11 is 1.64. The summed E-state index contributed by atoms with van der Waals surface area (Å²) in [7, 11) is 1.94. The van der Waals surface area contributed by atoms with Gasteiger partial charge in [0.15, 0.2) is 11.0 Å². The molecule has 5 nitrogen and oxygen atoms in total. The third-order valence-corrected chi connectivity index (χ3v) is 6.25. The molecule has 3 heterocycles. The third kappa shape index (κ3) is 5.16. The zero-order chi connectivity index (χ0) is 21.8. The van der Waals surface area contributed by atoms with E-state index in [-0.39, 0.29) is 0 Å². The van der Waals surface area contributed by atoms with Gasteiger partial charge in [-0.15, -0.1) is 10.2 Å². The van der Waals surface area contributed by atoms with Gasteiger partial charge in [0.25, 0.3) is 0 Å². The minimum absolute atomic E-state index is 0.598. The summed E-state index contributed by atoms with van der Waals surface area (Å²) < 4.78 is 40.8. The van der Waals surface area contributed by atoms with Gasteiger partial charge in [0.05, 0.1) is 5.56 Å². The Morgan fingerprint density at radius 3 is 2.65 bits per heavy atom. The number of hydrogen-bond acceptors (Lipinski definition) is 5. The minimum Gasteiger partial charge on any atom is -0.305 e. The zero-order valence-corrected chi connectivity index (χ0v) is 17.8. The summed E-state index contributed by atoms with van der Waals surface area (Å²) in [6, 6.07) is 9.40. The monoisotopic (exact) mass is 445 g/mol. The Balaban J connectivity index is 1.31. The molecule has 4 rings (SSSR count). The highest BCUT2D eigenvalue weighted by molar-refractivity contribution is 7.99. The first-order chi connectivity index (χ1) is 14.9. The summed E-state index contributed by atoms with van der Waals surface area (Å²) in [5.74, 6) is 1.63. The van der Waals surface area contributed by atoms with Crippen LogP contribution in [0.4, 0.5) is 13.2 Å². The number of halogens is 3. The van der Waals surface area contributed by atoms with Crippen molar-refractivity contribution in [3.8, 4) is 11.4 Å². The van der Waals surface area contributed by atoms with Crippen LogP contribution in [-0.2, 0) is 13.2 Å². The third-order valence-electron chi connectivity index (χ3n) is 5.25. The van der Waals surface area contributed by atoms with Crippen LogP contribution in [0.5, 0.6) is 0 Å². The number of alkyl halides is 3. The van der Waals surface area contributed by atoms with E-state index in [1.165, 1.54) is 12.1 Å². The first-order valence-corrected chi connectivity index (χ1v) is 10.9. The zero-order valence-electron chi connectivity index (χ0n) is 17.0. The van der Waals surface area contributed by atoms with Crippen molar-refractivity contribution in [1.29, 1.82) is 0 Å². The Morgan fingerprint density at radius 2 is 1.94 bits per heavy atom. The van der Waals surface area contributed by atoms with Gasteiger partial charge in [0.2, 0.25) is 0 Å². The van der Waals surface area contributed by atoms with E-state index >= 15 is 0 Å². The molecule has 162 valence electrons. The second-order valence-electron chi connectivity index (χ2n) is 7.31. The normalized spacial score (nSPS) is 15.2. The van der Waals surface area contributed by atoms with Gasteiger partial charge in [-0.1, -0.05) is 30.0 Å². The Kier molecular flexibility index (Phi) is 6.43. The highest BCUT2D eigenvalue weighted by atomic mass is 32.2. The van der Waals surface area contributed by atoms with Gasteiger partial charge in [0.1, 0.15) is 0 Å². The molecule has 9 heteroatoms. The lowest BCUT2D eigenvalue weighted by atomic mass is 9.97. The fourth-order valence-electron chi connectivity index (χ4n) is 3.52. The van der Waals surface area contributed by atoms with Crippen LogP contribution < -0.4 is 0 Å². The molecule has 0 aliphatic carbocycles. The first-order valence-electron chi connectivity index (χ1n) is 9.93. The van der Waals surface area contributed by atoms with Gasteiger partial charge >= 0.3 is 6.18 Å². The second kappa shape index (κ2) is 9.23. The van der Waals surface area contributed by atoms with E-state index < -0.39 is 11.7 Å². The van der Waals surface area contributed by atoms with E-state index in [0.717, 1.165) is 60.0 Å². The largest absolute Gasteiger partial charge is 0.416 e. The molecule has 0 unspecified atom stereocenters. The van der Waals surface area contributed by atoms with Gasteiger partial charge < -0.3 is 4.57 Å². The van der Waals surface area contributed by atoms with E-state index in [1.54, 1.807) is 30.2 Å². The molecule has 0 spiro atoms. The molecule has 31 heavy (non-hydrogen) atoms. The molecule has 0 amide bonds. The van der Waals surface area contributed by atoms with Crippen LogP contribution in [-0.4, -0.2) is 50.0 Å². The molecule has 0 fully saturated rings. The number of nitrogens with zero attached hydrogens (tertiary/aromatic N) is 5. The van der Waals surface area contributed by atoms with Crippen molar-refractivity contribution in [1.82, 2.24) is 24.6 Å². The van der Waals surface area contributed by atoms with Crippen LogP contribution in [0.3, 0.4) is 0 Å². The lowest BCUT2D eigenvalue weighted by molar-refractivity contribution is -0.137. The van der Waals surface area contributed by atoms with Crippen molar-refractivity contribution >= 4 is 17.3 Å². The smallest absolute Gasteiger partial charge is 0.305 e. The van der Waals surface area contributed by atoms with Crippen molar-refractivity contribution in [2.45, 2.75) is 17.8 Å². The van der Waals surface area contributed by atoms with Crippen molar-refractivity contribution in [2.24, 2.45) is 7.05 Å². The highest BCUT2D eigenvalue weighted by Gasteiger charge is 2.30. The Morgan fingerprint density at radius 1 is 1.10 bits per heavy atom. The van der Waals surface area contributed by atoms with Crippen molar-refractivity contribution in [2.75, 3.05) is 25.4 Å². The molecule has 1 aliphatic rings. The maximum Gasteiger partial charge on any atom is 0.416 e. The van der Waals surface area contributed by atoms with E-state index in [2.05, 4.69) is 20.1 Å². The predicted molar refractivity (Wildman–Crippen MR) is 115 cm³/mol. The molecule has 1 aromatic carbocycles. The summed E-state index contributed by atoms with van der Waals surface area (Å²) in [4.78, 5) is 6.42. The lowest BCUT2D eigenvalue weighted by Gasteiger charge is -2.26. The predicted octanol–water partition coefficient (Wildman–Crippen LogP) is 4.78. The molecule has 0 bridgehead atoms. The molecule has 0 N–H and O–H groups in total. The molecule has 3 aromatic rings. The molecule has 0 radical (unpaired) electrons. The van der Waals surface area contributed by atoms with E-state index in [9.17, 15) is 13.2 Å². The average molecular weight is 446 g/mol. The highest BCUT2D eigenvalue weighted by Crippen LogP contribution is 2.32. The number of pyridine rings is 1. The SMILES string of the molecule is Cn1c(SCCN2CC=C(c3cccc(C(F)(F)F)c3)CC2)nnc1-c1cccnc1. The Bertz CT molecular complexity index is 1060. The fourth-order valence-corrected chi connectivity index (χ4v) is 4.44. The quantitative estimate of drug-likeness (QED) is 0.511. The molecular formula is C22H22F3N5S. The number of thioether (sulfide) groups is 1. The van der Waals surface area contributed by atoms with E-state index in [1.807, 2.05) is 29.8 Å². The Labute approximate surface area is 183 Å². The van der Waals surface area contributed by atoms with Crippen molar-refractivity contribution in [3.05, 3.63) is 66.0 Å². The van der Waals surface area contributed by atoms with Gasteiger partial charge in [-0.3, -0.25) is 9.88 Å². The number of hydrogen-bond donors (Lipinski definition) is 0. The molecule has 2 aromatic heterocycles. The fraction of sp³-hybridized carbons (Fsp3) is 0.318. The summed E-state index contributed by atoms with van der Waals surface area (Å²) in [6.45, 7) is 2.42. The molecular weight excluding hydrogens is 423 g/mol. The van der Waals surface area contributed by atoms with Crippen LogP contribution in [0.1, 0.15) is 17.5 Å². The lowest BCUT2D eigenvalue weighted by Crippen LogP contribution is -2.30. The van der Waals surface area contributed by atoms with Gasteiger partial charge in [-0.25, -0.2) is 0 Å². The molecule has 0 saturated carbocycles. The second-order valence-corrected chi connectivity index (χ2v) is 8.38. The first kappa shape index (κ1) is 21.6. The van der Waals surface area contributed by atoms with Crippen LogP contribution in [0, 0.1) is 0 Å². The summed E-state index contributed by atoms with van der Waals surface area (Å²) in [5, 5.41) is 9.39. The number of aromatic nitrogens is 4. The van der Waals surface area contributed by atoms with Crippen molar-refractivity contribution in [3.63, 3.8) is 0 Å². The Hall–Kier alpha value is -2.65. The van der Waals surface area contributed by atoms with Crippen LogP contribution >= 0.6 is 11.8 Å². The maximum absolute atomic E-state index is 13.0. The maximum atomic E-state index is 13.0. The summed E-state index contributed by atoms with van der Waals surface area (Å²) in [6.07, 6.45) is 1.94. The van der Waals surface area contributed by atoms with Crippen molar-refractivity contribution < 1.29 is 13.2 Å². The van der Waals surface area contributed by atoms with Gasteiger partial charge in [-0.2, -0.15) is 13.2 Å². The number of rotatable bonds is 6. The van der Waals surface area contributed by atoms with Crippen LogP contribution in [0.25, 0.3) is 17.0 Å². The van der Waals surface area contributed by atoms with E-state index in [4.69, 9.17) is 0 Å². The minimum atomic E-state index is -4.31. The molecule has 1 aliphatic heterocycles. The standard InChI is InChI=1S/C22H22F3N5S/c1-29-20(18-5-3-9-26-15-18)27-28-21(29)31-13-12-30-10-7-16(8-11-30)17-4-2-6-19(14-17)22(23,24)25/h2-7,9,14-15H,8,10-13H2,1H3.